The monoisotopic (exact) mass is 322 g/mol. The molecule has 0 fully saturated rings. The summed E-state index contributed by atoms with van der Waals surface area (Å²) in [7, 11) is -0.166. The van der Waals surface area contributed by atoms with Crippen molar-refractivity contribution in [2.75, 3.05) is 7.11 Å². The van der Waals surface area contributed by atoms with Crippen molar-refractivity contribution >= 4 is 16.3 Å². The molecule has 0 spiro atoms. The maximum atomic E-state index is 11.5. The van der Waals surface area contributed by atoms with Crippen LogP contribution >= 0.6 is 10.3 Å². The zero-order chi connectivity index (χ0) is 16.1. The van der Waals surface area contributed by atoms with Gasteiger partial charge in [-0.05, 0) is 30.3 Å². The molecule has 2 aromatic rings. The maximum Gasteiger partial charge on any atom is 0.129 e. The number of hydrogen-bond donors (Lipinski definition) is 0. The molecule has 0 aromatic heterocycles. The summed E-state index contributed by atoms with van der Waals surface area (Å²) in [5, 5.41) is -0.153. The Morgan fingerprint density at radius 2 is 1.48 bits per heavy atom. The Kier molecular flexibility index (Phi) is 4.63. The zero-order valence-corrected chi connectivity index (χ0v) is 13.7. The third-order valence-electron chi connectivity index (χ3n) is 3.90. The van der Waals surface area contributed by atoms with Crippen molar-refractivity contribution in [3.05, 3.63) is 90.5 Å². The van der Waals surface area contributed by atoms with Gasteiger partial charge in [0.15, 0.2) is 0 Å². The van der Waals surface area contributed by atoms with E-state index in [1.807, 2.05) is 60.7 Å². The molecule has 1 aliphatic rings. The van der Waals surface area contributed by atoms with Crippen LogP contribution in [0.4, 0.5) is 0 Å². The summed E-state index contributed by atoms with van der Waals surface area (Å²) >= 11 is 0. The highest BCUT2D eigenvalue weighted by Gasteiger charge is 2.38. The van der Waals surface area contributed by atoms with Crippen molar-refractivity contribution < 1.29 is 8.98 Å². The molecule has 1 unspecified atom stereocenters. The molecule has 0 saturated carbocycles. The Hall–Kier alpha value is -2.32. The summed E-state index contributed by atoms with van der Waals surface area (Å²) in [5.41, 5.74) is 0.622. The van der Waals surface area contributed by atoms with Crippen LogP contribution < -0.4 is 0 Å². The van der Waals surface area contributed by atoms with Gasteiger partial charge in [0.2, 0.25) is 0 Å². The fourth-order valence-corrected chi connectivity index (χ4v) is 6.25. The van der Waals surface area contributed by atoms with Crippen molar-refractivity contribution in [1.29, 1.82) is 0 Å². The molecule has 0 aliphatic heterocycles. The van der Waals surface area contributed by atoms with Crippen LogP contribution in [0.5, 0.6) is 0 Å². The number of hydrogen-bond acceptors (Lipinski definition) is 2. The molecule has 3 heteroatoms. The quantitative estimate of drug-likeness (QED) is 0.761. The molecule has 1 atom stereocenters. The molecule has 2 nitrogen and oxygen atoms in total. The van der Waals surface area contributed by atoms with E-state index in [0.717, 1.165) is 9.79 Å². The van der Waals surface area contributed by atoms with Gasteiger partial charge in [-0.3, -0.25) is 0 Å². The summed E-state index contributed by atoms with van der Waals surface area (Å²) in [6, 6.07) is 20.3. The molecular formula is C20H18O2S. The Morgan fingerprint density at radius 1 is 0.913 bits per heavy atom. The SMILES string of the molecule is COS(c1ccccc1)(c1ccccc1)C1C=CC=CC1=C=O. The second-order valence-electron chi connectivity index (χ2n) is 5.12. The molecule has 0 saturated heterocycles. The minimum atomic E-state index is -1.89. The standard InChI is InChI=1S/C20H18O2S/c1-22-23(18-11-4-2-5-12-18,19-13-6-3-7-14-19)20-15-9-8-10-17(20)16-21/h2-15,20H,1H3. The number of allylic oxidation sites excluding steroid dienone is 3. The van der Waals surface area contributed by atoms with Crippen LogP contribution in [0.2, 0.25) is 0 Å². The van der Waals surface area contributed by atoms with E-state index in [-0.39, 0.29) is 5.25 Å². The third kappa shape index (κ3) is 2.71. The number of benzene rings is 2. The lowest BCUT2D eigenvalue weighted by Crippen LogP contribution is -2.22. The topological polar surface area (TPSA) is 26.3 Å². The van der Waals surface area contributed by atoms with Gasteiger partial charge in [-0.25, -0.2) is 4.79 Å². The minimum Gasteiger partial charge on any atom is -0.330 e. The Bertz CT molecular complexity index is 732. The van der Waals surface area contributed by atoms with Gasteiger partial charge in [0.25, 0.3) is 0 Å². The van der Waals surface area contributed by atoms with Gasteiger partial charge in [0, 0.05) is 16.9 Å². The largest absolute Gasteiger partial charge is 0.330 e. The van der Waals surface area contributed by atoms with Crippen LogP contribution in [-0.2, 0) is 8.98 Å². The number of carbonyl (C=O) groups excluding carboxylic acids is 1. The predicted molar refractivity (Wildman–Crippen MR) is 95.3 cm³/mol. The molecular weight excluding hydrogens is 304 g/mol. The van der Waals surface area contributed by atoms with Crippen LogP contribution in [0.25, 0.3) is 0 Å². The van der Waals surface area contributed by atoms with E-state index >= 15 is 0 Å². The second-order valence-corrected chi connectivity index (χ2v) is 8.10. The summed E-state index contributed by atoms with van der Waals surface area (Å²) in [6.07, 6.45) is 7.70. The lowest BCUT2D eigenvalue weighted by Gasteiger charge is -2.44. The van der Waals surface area contributed by atoms with Gasteiger partial charge in [0.05, 0.1) is 10.8 Å². The van der Waals surface area contributed by atoms with Crippen molar-refractivity contribution in [2.45, 2.75) is 15.0 Å². The Labute approximate surface area is 138 Å². The molecule has 2 aromatic carbocycles. The van der Waals surface area contributed by atoms with Crippen molar-refractivity contribution in [3.63, 3.8) is 0 Å². The fourth-order valence-electron chi connectivity index (χ4n) is 2.88. The van der Waals surface area contributed by atoms with Crippen LogP contribution in [0.15, 0.2) is 100 Å². The zero-order valence-electron chi connectivity index (χ0n) is 12.9. The van der Waals surface area contributed by atoms with Gasteiger partial charge < -0.3 is 4.18 Å². The number of rotatable bonds is 4. The molecule has 1 aliphatic carbocycles. The first-order valence-corrected chi connectivity index (χ1v) is 9.03. The Morgan fingerprint density at radius 3 is 1.96 bits per heavy atom. The van der Waals surface area contributed by atoms with E-state index in [9.17, 15) is 4.79 Å². The molecule has 0 heterocycles. The van der Waals surface area contributed by atoms with E-state index < -0.39 is 10.3 Å². The second kappa shape index (κ2) is 6.84. The molecule has 0 N–H and O–H groups in total. The van der Waals surface area contributed by atoms with Gasteiger partial charge in [-0.15, -0.1) is 0 Å². The molecule has 0 radical (unpaired) electrons. The van der Waals surface area contributed by atoms with E-state index in [1.165, 1.54) is 0 Å². The third-order valence-corrected chi connectivity index (χ3v) is 7.50. The average molecular weight is 322 g/mol. The molecule has 116 valence electrons. The van der Waals surface area contributed by atoms with Crippen molar-refractivity contribution in [1.82, 2.24) is 0 Å². The maximum absolute atomic E-state index is 11.5. The molecule has 23 heavy (non-hydrogen) atoms. The first-order valence-electron chi connectivity index (χ1n) is 7.41. The van der Waals surface area contributed by atoms with Crippen LogP contribution in [0.3, 0.4) is 0 Å². The van der Waals surface area contributed by atoms with E-state index in [4.69, 9.17) is 4.18 Å². The van der Waals surface area contributed by atoms with Gasteiger partial charge in [-0.2, -0.15) is 0 Å². The smallest absolute Gasteiger partial charge is 0.129 e. The summed E-state index contributed by atoms with van der Waals surface area (Å²) in [5.74, 6) is 2.10. The summed E-state index contributed by atoms with van der Waals surface area (Å²) in [6.45, 7) is 0. The van der Waals surface area contributed by atoms with Crippen molar-refractivity contribution in [3.8, 4) is 0 Å². The normalized spacial score (nSPS) is 17.8. The summed E-state index contributed by atoms with van der Waals surface area (Å²) < 4.78 is 6.18. The highest BCUT2D eigenvalue weighted by Crippen LogP contribution is 2.68. The van der Waals surface area contributed by atoms with Gasteiger partial charge >= 0.3 is 0 Å². The minimum absolute atomic E-state index is 0.153. The van der Waals surface area contributed by atoms with Crippen LogP contribution in [0, 0.1) is 0 Å². The van der Waals surface area contributed by atoms with E-state index in [0.29, 0.717) is 5.57 Å². The predicted octanol–water partition coefficient (Wildman–Crippen LogP) is 4.72. The van der Waals surface area contributed by atoms with Gasteiger partial charge in [0.1, 0.15) is 5.94 Å². The molecule has 0 bridgehead atoms. The fraction of sp³-hybridized carbons (Fsp3) is 0.100. The highest BCUT2D eigenvalue weighted by atomic mass is 32.3. The van der Waals surface area contributed by atoms with Gasteiger partial charge in [-0.1, -0.05) is 64.9 Å². The van der Waals surface area contributed by atoms with Crippen molar-refractivity contribution in [2.24, 2.45) is 0 Å². The first kappa shape index (κ1) is 15.6. The average Bonchev–Trinajstić information content (AvgIpc) is 2.65. The molecule has 3 rings (SSSR count). The Balaban J connectivity index is 2.28. The molecule has 0 amide bonds. The van der Waals surface area contributed by atoms with Crippen LogP contribution in [-0.4, -0.2) is 18.3 Å². The summed E-state index contributed by atoms with van der Waals surface area (Å²) in [4.78, 5) is 13.7. The highest BCUT2D eigenvalue weighted by molar-refractivity contribution is 8.30. The first-order chi connectivity index (χ1) is 11.3. The lowest BCUT2D eigenvalue weighted by molar-refractivity contribution is 0.460. The lowest BCUT2D eigenvalue weighted by atomic mass is 10.1. The van der Waals surface area contributed by atoms with E-state index in [2.05, 4.69) is 30.2 Å². The van der Waals surface area contributed by atoms with Crippen LogP contribution in [0.1, 0.15) is 0 Å². The van der Waals surface area contributed by atoms with E-state index in [1.54, 1.807) is 7.11 Å².